The molecule has 21 heavy (non-hydrogen) atoms. The maximum atomic E-state index is 13.3. The number of carbonyl (C=O) groups is 1. The van der Waals surface area contributed by atoms with Gasteiger partial charge in [-0.2, -0.15) is 0 Å². The van der Waals surface area contributed by atoms with E-state index < -0.39 is 11.6 Å². The number of nitrogens with one attached hydrogen (secondary N) is 1. The van der Waals surface area contributed by atoms with Crippen LogP contribution in [0.5, 0.6) is 0 Å². The first kappa shape index (κ1) is 13.7. The lowest BCUT2D eigenvalue weighted by Crippen LogP contribution is -2.26. The van der Waals surface area contributed by atoms with Crippen LogP contribution in [0.25, 0.3) is 11.0 Å². The fraction of sp³-hybridized carbons (Fsp3) is 0.143. The average molecular weight is 307 g/mol. The molecule has 1 aromatic carbocycles. The zero-order valence-electron chi connectivity index (χ0n) is 10.8. The van der Waals surface area contributed by atoms with Crippen LogP contribution in [-0.4, -0.2) is 15.5 Å². The summed E-state index contributed by atoms with van der Waals surface area (Å²) < 4.78 is 27.8. The minimum absolute atomic E-state index is 0.00689. The number of aromatic nitrogens is 2. The predicted molar refractivity (Wildman–Crippen MR) is 75.8 cm³/mol. The lowest BCUT2D eigenvalue weighted by atomic mass is 10.3. The summed E-state index contributed by atoms with van der Waals surface area (Å²) in [5.74, 6) is -2.12. The fourth-order valence-electron chi connectivity index (χ4n) is 1.99. The molecule has 3 rings (SSSR count). The van der Waals surface area contributed by atoms with Gasteiger partial charge in [-0.3, -0.25) is 4.79 Å². The summed E-state index contributed by atoms with van der Waals surface area (Å²) >= 11 is 1.55. The molecule has 2 aromatic heterocycles. The number of hydrogen-bond donors (Lipinski definition) is 1. The van der Waals surface area contributed by atoms with Gasteiger partial charge in [0.05, 0.1) is 23.9 Å². The Labute approximate surface area is 123 Å². The van der Waals surface area contributed by atoms with Crippen molar-refractivity contribution in [2.75, 3.05) is 0 Å². The molecule has 108 valence electrons. The summed E-state index contributed by atoms with van der Waals surface area (Å²) in [5, 5.41) is 4.70. The summed E-state index contributed by atoms with van der Waals surface area (Å²) in [4.78, 5) is 16.9. The molecule has 4 nitrogen and oxygen atoms in total. The predicted octanol–water partition coefficient (Wildman–Crippen LogP) is 2.69. The maximum absolute atomic E-state index is 13.3. The zero-order valence-corrected chi connectivity index (χ0v) is 11.7. The van der Waals surface area contributed by atoms with Crippen LogP contribution in [0.2, 0.25) is 0 Å². The molecule has 0 radical (unpaired) electrons. The molecular weight excluding hydrogens is 296 g/mol. The SMILES string of the molecule is O=C(Cn1cnc2cc(F)c(F)cc21)NCc1cccs1. The number of rotatable bonds is 4. The highest BCUT2D eigenvalue weighted by atomic mass is 32.1. The van der Waals surface area contributed by atoms with Crippen molar-refractivity contribution in [2.45, 2.75) is 13.1 Å². The molecular formula is C14H11F2N3OS. The van der Waals surface area contributed by atoms with Gasteiger partial charge in [-0.25, -0.2) is 13.8 Å². The van der Waals surface area contributed by atoms with Gasteiger partial charge in [0, 0.05) is 17.0 Å². The van der Waals surface area contributed by atoms with E-state index in [4.69, 9.17) is 0 Å². The van der Waals surface area contributed by atoms with Gasteiger partial charge < -0.3 is 9.88 Å². The lowest BCUT2D eigenvalue weighted by molar-refractivity contribution is -0.121. The lowest BCUT2D eigenvalue weighted by Gasteiger charge is -2.06. The third-order valence-electron chi connectivity index (χ3n) is 3.02. The van der Waals surface area contributed by atoms with E-state index >= 15 is 0 Å². The molecule has 0 aliphatic carbocycles. The van der Waals surface area contributed by atoms with E-state index in [0.717, 1.165) is 17.0 Å². The number of benzene rings is 1. The Bertz CT molecular complexity index is 783. The molecule has 1 N–H and O–H groups in total. The second-order valence-corrected chi connectivity index (χ2v) is 5.52. The molecule has 7 heteroatoms. The first-order chi connectivity index (χ1) is 10.1. The number of thiophene rings is 1. The highest BCUT2D eigenvalue weighted by Gasteiger charge is 2.11. The van der Waals surface area contributed by atoms with Crippen molar-refractivity contribution < 1.29 is 13.6 Å². The largest absolute Gasteiger partial charge is 0.350 e. The monoisotopic (exact) mass is 307 g/mol. The van der Waals surface area contributed by atoms with E-state index in [1.54, 1.807) is 11.3 Å². The molecule has 0 atom stereocenters. The van der Waals surface area contributed by atoms with Crippen molar-refractivity contribution >= 4 is 28.3 Å². The Hall–Kier alpha value is -2.28. The molecule has 0 fully saturated rings. The third kappa shape index (κ3) is 2.92. The number of imidazole rings is 1. The van der Waals surface area contributed by atoms with Crippen molar-refractivity contribution in [1.82, 2.24) is 14.9 Å². The Morgan fingerprint density at radius 2 is 2.14 bits per heavy atom. The summed E-state index contributed by atoms with van der Waals surface area (Å²) in [6.45, 7) is 0.457. The topological polar surface area (TPSA) is 46.9 Å². The molecule has 0 bridgehead atoms. The molecule has 0 unspecified atom stereocenters. The number of amides is 1. The smallest absolute Gasteiger partial charge is 0.240 e. The van der Waals surface area contributed by atoms with Crippen LogP contribution >= 0.6 is 11.3 Å². The molecule has 0 saturated heterocycles. The van der Waals surface area contributed by atoms with Crippen molar-refractivity contribution in [3.05, 3.63) is 52.5 Å². The van der Waals surface area contributed by atoms with E-state index in [2.05, 4.69) is 10.3 Å². The molecule has 1 amide bonds. The number of hydrogen-bond acceptors (Lipinski definition) is 3. The Morgan fingerprint density at radius 1 is 1.33 bits per heavy atom. The highest BCUT2D eigenvalue weighted by molar-refractivity contribution is 7.09. The molecule has 0 saturated carbocycles. The van der Waals surface area contributed by atoms with E-state index in [-0.39, 0.29) is 12.5 Å². The van der Waals surface area contributed by atoms with Crippen molar-refractivity contribution in [3.8, 4) is 0 Å². The molecule has 0 aliphatic heterocycles. The number of nitrogens with zero attached hydrogens (tertiary/aromatic N) is 2. The zero-order chi connectivity index (χ0) is 14.8. The van der Waals surface area contributed by atoms with Crippen LogP contribution in [0.3, 0.4) is 0 Å². The number of halogens is 2. The Kier molecular flexibility index (Phi) is 3.66. The van der Waals surface area contributed by atoms with Gasteiger partial charge in [-0.15, -0.1) is 11.3 Å². The van der Waals surface area contributed by atoms with Crippen LogP contribution in [0, 0.1) is 11.6 Å². The van der Waals surface area contributed by atoms with Crippen LogP contribution in [-0.2, 0) is 17.9 Å². The molecule has 0 aliphatic rings. The van der Waals surface area contributed by atoms with Gasteiger partial charge >= 0.3 is 0 Å². The molecule has 3 aromatic rings. The minimum atomic E-state index is -0.955. The second-order valence-electron chi connectivity index (χ2n) is 4.48. The van der Waals surface area contributed by atoms with Gasteiger partial charge in [0.15, 0.2) is 11.6 Å². The first-order valence-electron chi connectivity index (χ1n) is 6.22. The van der Waals surface area contributed by atoms with Crippen LogP contribution in [0.15, 0.2) is 36.0 Å². The van der Waals surface area contributed by atoms with Crippen LogP contribution < -0.4 is 5.32 Å². The van der Waals surface area contributed by atoms with Crippen LogP contribution in [0.4, 0.5) is 8.78 Å². The maximum Gasteiger partial charge on any atom is 0.240 e. The number of carbonyl (C=O) groups excluding carboxylic acids is 1. The highest BCUT2D eigenvalue weighted by Crippen LogP contribution is 2.17. The van der Waals surface area contributed by atoms with Crippen LogP contribution in [0.1, 0.15) is 4.88 Å². The summed E-state index contributed by atoms with van der Waals surface area (Å²) in [7, 11) is 0. The molecule has 2 heterocycles. The molecule has 0 spiro atoms. The van der Waals surface area contributed by atoms with Crippen molar-refractivity contribution in [3.63, 3.8) is 0 Å². The summed E-state index contributed by atoms with van der Waals surface area (Å²) in [6.07, 6.45) is 1.40. The van der Waals surface area contributed by atoms with Gasteiger partial charge in [0.25, 0.3) is 0 Å². The minimum Gasteiger partial charge on any atom is -0.350 e. The Morgan fingerprint density at radius 3 is 2.90 bits per heavy atom. The standard InChI is InChI=1S/C14H11F2N3OS/c15-10-4-12-13(5-11(10)16)19(8-18-12)7-14(20)17-6-9-2-1-3-21-9/h1-5,8H,6-7H2,(H,17,20). The summed E-state index contributed by atoms with van der Waals surface area (Å²) in [5.41, 5.74) is 0.708. The van der Waals surface area contributed by atoms with E-state index in [0.29, 0.717) is 17.6 Å². The van der Waals surface area contributed by atoms with E-state index in [9.17, 15) is 13.6 Å². The van der Waals surface area contributed by atoms with Gasteiger partial charge in [0.1, 0.15) is 6.54 Å². The quantitative estimate of drug-likeness (QED) is 0.805. The van der Waals surface area contributed by atoms with Gasteiger partial charge in [-0.1, -0.05) is 6.07 Å². The van der Waals surface area contributed by atoms with Gasteiger partial charge in [0.2, 0.25) is 5.91 Å². The van der Waals surface area contributed by atoms with Crippen molar-refractivity contribution in [1.29, 1.82) is 0 Å². The van der Waals surface area contributed by atoms with E-state index in [1.807, 2.05) is 17.5 Å². The Balaban J connectivity index is 1.72. The van der Waals surface area contributed by atoms with E-state index in [1.165, 1.54) is 10.9 Å². The third-order valence-corrected chi connectivity index (χ3v) is 3.89. The summed E-state index contributed by atoms with van der Waals surface area (Å²) in [6, 6.07) is 5.90. The van der Waals surface area contributed by atoms with Crippen molar-refractivity contribution in [2.24, 2.45) is 0 Å². The van der Waals surface area contributed by atoms with Gasteiger partial charge in [-0.05, 0) is 11.4 Å². The normalized spacial score (nSPS) is 11.0. The fourth-order valence-corrected chi connectivity index (χ4v) is 2.63. The average Bonchev–Trinajstić information content (AvgIpc) is 3.09. The first-order valence-corrected chi connectivity index (χ1v) is 7.10. The number of fused-ring (bicyclic) bond motifs is 1. The second kappa shape index (κ2) is 5.61.